The van der Waals surface area contributed by atoms with Crippen molar-refractivity contribution in [3.63, 3.8) is 0 Å². The number of hydrogen-bond donors (Lipinski definition) is 2. The minimum atomic E-state index is 0. The van der Waals surface area contributed by atoms with Gasteiger partial charge in [-0.25, -0.2) is 0 Å². The summed E-state index contributed by atoms with van der Waals surface area (Å²) in [5, 5.41) is 7.02. The van der Waals surface area contributed by atoms with Crippen molar-refractivity contribution in [2.45, 2.75) is 44.9 Å². The predicted molar refractivity (Wildman–Crippen MR) is 124 cm³/mol. The van der Waals surface area contributed by atoms with Crippen LogP contribution < -0.4 is 15.4 Å². The van der Waals surface area contributed by atoms with E-state index in [1.165, 1.54) is 31.2 Å². The van der Waals surface area contributed by atoms with Crippen LogP contribution in [0.2, 0.25) is 0 Å². The van der Waals surface area contributed by atoms with Crippen LogP contribution in [0.15, 0.2) is 29.3 Å². The minimum Gasteiger partial charge on any atom is -0.496 e. The fraction of sp³-hybridized carbons (Fsp3) is 0.667. The number of methoxy groups -OCH3 is 2. The molecule has 0 bridgehead atoms. The molecule has 0 aromatic heterocycles. The number of rotatable bonds is 9. The average Bonchev–Trinajstić information content (AvgIpc) is 3.15. The third-order valence-corrected chi connectivity index (χ3v) is 5.60. The highest BCUT2D eigenvalue weighted by molar-refractivity contribution is 14.0. The summed E-state index contributed by atoms with van der Waals surface area (Å²) in [6.07, 6.45) is 6.31. The molecule has 0 spiro atoms. The lowest BCUT2D eigenvalue weighted by Crippen LogP contribution is -2.44. The van der Waals surface area contributed by atoms with E-state index >= 15 is 0 Å². The molecule has 0 radical (unpaired) electrons. The fourth-order valence-corrected chi connectivity index (χ4v) is 3.88. The Balaban J connectivity index is 0.00000364. The number of benzene rings is 1. The minimum absolute atomic E-state index is 0. The molecule has 154 valence electrons. The molecule has 0 heterocycles. The molecule has 1 saturated carbocycles. The number of nitrogens with one attached hydrogen (secondary N) is 2. The van der Waals surface area contributed by atoms with Crippen molar-refractivity contribution in [1.82, 2.24) is 10.6 Å². The van der Waals surface area contributed by atoms with E-state index in [1.54, 1.807) is 14.2 Å². The first-order valence-corrected chi connectivity index (χ1v) is 9.70. The molecule has 1 aromatic rings. The number of nitrogens with zero attached hydrogens (tertiary/aromatic N) is 1. The van der Waals surface area contributed by atoms with E-state index in [2.05, 4.69) is 34.7 Å². The number of hydrogen-bond acceptors (Lipinski definition) is 3. The summed E-state index contributed by atoms with van der Waals surface area (Å²) in [5.74, 6) is 2.14. The largest absolute Gasteiger partial charge is 0.496 e. The Morgan fingerprint density at radius 1 is 1.19 bits per heavy atom. The van der Waals surface area contributed by atoms with E-state index in [4.69, 9.17) is 9.47 Å². The molecule has 0 aliphatic heterocycles. The standard InChI is InChI=1S/C21H35N3O2.HI/c1-17(18-9-5-6-10-19(18)26-4)15-23-20(22-2)24-16-21(13-14-25-3)11-7-8-12-21;/h5-6,9-10,17H,7-8,11-16H2,1-4H3,(H2,22,23,24);1H. The summed E-state index contributed by atoms with van der Waals surface area (Å²) in [6, 6.07) is 8.20. The molecule has 27 heavy (non-hydrogen) atoms. The second-order valence-electron chi connectivity index (χ2n) is 7.40. The highest BCUT2D eigenvalue weighted by Crippen LogP contribution is 2.40. The first-order valence-electron chi connectivity index (χ1n) is 9.70. The quantitative estimate of drug-likeness (QED) is 0.311. The zero-order valence-electron chi connectivity index (χ0n) is 17.2. The molecule has 5 nitrogen and oxygen atoms in total. The SMILES string of the molecule is CN=C(NCC(C)c1ccccc1OC)NCC1(CCOC)CCCC1.I. The van der Waals surface area contributed by atoms with Gasteiger partial charge in [0.25, 0.3) is 0 Å². The van der Waals surface area contributed by atoms with Gasteiger partial charge in [-0.1, -0.05) is 38.0 Å². The van der Waals surface area contributed by atoms with Crippen LogP contribution in [0.4, 0.5) is 0 Å². The lowest BCUT2D eigenvalue weighted by molar-refractivity contribution is 0.138. The molecule has 2 N–H and O–H groups in total. The van der Waals surface area contributed by atoms with Crippen molar-refractivity contribution in [3.05, 3.63) is 29.8 Å². The Hall–Kier alpha value is -1.02. The average molecular weight is 489 g/mol. The second-order valence-corrected chi connectivity index (χ2v) is 7.40. The lowest BCUT2D eigenvalue weighted by atomic mass is 9.83. The molecule has 2 rings (SSSR count). The number of ether oxygens (including phenoxy) is 2. The van der Waals surface area contributed by atoms with Gasteiger partial charge in [0.1, 0.15) is 5.75 Å². The van der Waals surface area contributed by atoms with Gasteiger partial charge < -0.3 is 20.1 Å². The zero-order chi connectivity index (χ0) is 18.8. The first-order chi connectivity index (χ1) is 12.6. The predicted octanol–water partition coefficient (Wildman–Crippen LogP) is 4.18. The zero-order valence-corrected chi connectivity index (χ0v) is 19.5. The highest BCUT2D eigenvalue weighted by atomic mass is 127. The Kier molecular flexibility index (Phi) is 11.1. The maximum absolute atomic E-state index is 5.48. The summed E-state index contributed by atoms with van der Waals surface area (Å²) in [4.78, 5) is 4.40. The molecule has 1 aliphatic rings. The van der Waals surface area contributed by atoms with Gasteiger partial charge in [0, 0.05) is 39.8 Å². The highest BCUT2D eigenvalue weighted by Gasteiger charge is 2.33. The summed E-state index contributed by atoms with van der Waals surface area (Å²) in [5.41, 5.74) is 1.56. The van der Waals surface area contributed by atoms with Crippen LogP contribution in [0.3, 0.4) is 0 Å². The molecule has 1 unspecified atom stereocenters. The third kappa shape index (κ3) is 7.14. The van der Waals surface area contributed by atoms with Gasteiger partial charge in [-0.3, -0.25) is 4.99 Å². The van der Waals surface area contributed by atoms with Crippen LogP contribution in [0.5, 0.6) is 5.75 Å². The van der Waals surface area contributed by atoms with Gasteiger partial charge in [0.05, 0.1) is 7.11 Å². The van der Waals surface area contributed by atoms with Crippen LogP contribution in [0.25, 0.3) is 0 Å². The van der Waals surface area contributed by atoms with Crippen molar-refractivity contribution in [2.75, 3.05) is 41.0 Å². The number of aliphatic imine (C=N–C) groups is 1. The lowest BCUT2D eigenvalue weighted by Gasteiger charge is -2.30. The molecule has 0 amide bonds. The van der Waals surface area contributed by atoms with Gasteiger partial charge in [0.15, 0.2) is 5.96 Å². The molecule has 1 aliphatic carbocycles. The second kappa shape index (κ2) is 12.4. The normalized spacial score (nSPS) is 17.1. The molecule has 0 saturated heterocycles. The Morgan fingerprint density at radius 3 is 2.52 bits per heavy atom. The Bertz CT molecular complexity index is 574. The van der Waals surface area contributed by atoms with Gasteiger partial charge in [-0.15, -0.1) is 24.0 Å². The first kappa shape index (κ1) is 24.0. The van der Waals surface area contributed by atoms with E-state index < -0.39 is 0 Å². The fourth-order valence-electron chi connectivity index (χ4n) is 3.88. The maximum Gasteiger partial charge on any atom is 0.191 e. The van der Waals surface area contributed by atoms with Gasteiger partial charge in [-0.2, -0.15) is 0 Å². The molecule has 6 heteroatoms. The van der Waals surface area contributed by atoms with Crippen molar-refractivity contribution in [2.24, 2.45) is 10.4 Å². The van der Waals surface area contributed by atoms with Crippen molar-refractivity contribution >= 4 is 29.9 Å². The molecule has 1 atom stereocenters. The van der Waals surface area contributed by atoms with Gasteiger partial charge in [0.2, 0.25) is 0 Å². The van der Waals surface area contributed by atoms with Crippen molar-refractivity contribution in [3.8, 4) is 5.75 Å². The Labute approximate surface area is 181 Å². The molecule has 1 aromatic carbocycles. The van der Waals surface area contributed by atoms with E-state index in [9.17, 15) is 0 Å². The van der Waals surface area contributed by atoms with Gasteiger partial charge in [-0.05, 0) is 36.3 Å². The molecular weight excluding hydrogens is 453 g/mol. The number of guanidine groups is 1. The molecule has 1 fully saturated rings. The van der Waals surface area contributed by atoms with Crippen LogP contribution in [0.1, 0.15) is 50.5 Å². The van der Waals surface area contributed by atoms with Crippen LogP contribution in [-0.2, 0) is 4.74 Å². The maximum atomic E-state index is 5.48. The molecular formula is C21H36IN3O2. The van der Waals surface area contributed by atoms with Crippen LogP contribution >= 0.6 is 24.0 Å². The summed E-state index contributed by atoms with van der Waals surface area (Å²) in [7, 11) is 5.34. The smallest absolute Gasteiger partial charge is 0.191 e. The van der Waals surface area contributed by atoms with E-state index in [0.29, 0.717) is 11.3 Å². The summed E-state index contributed by atoms with van der Waals surface area (Å²) >= 11 is 0. The van der Waals surface area contributed by atoms with Crippen LogP contribution in [-0.4, -0.2) is 46.9 Å². The monoisotopic (exact) mass is 489 g/mol. The van der Waals surface area contributed by atoms with E-state index in [0.717, 1.165) is 37.8 Å². The van der Waals surface area contributed by atoms with Crippen molar-refractivity contribution < 1.29 is 9.47 Å². The van der Waals surface area contributed by atoms with E-state index in [-0.39, 0.29) is 24.0 Å². The van der Waals surface area contributed by atoms with Crippen LogP contribution in [0, 0.1) is 5.41 Å². The number of para-hydroxylation sites is 1. The van der Waals surface area contributed by atoms with E-state index in [1.807, 2.05) is 19.2 Å². The number of halogens is 1. The topological polar surface area (TPSA) is 54.9 Å². The third-order valence-electron chi connectivity index (χ3n) is 5.60. The Morgan fingerprint density at radius 2 is 1.89 bits per heavy atom. The summed E-state index contributed by atoms with van der Waals surface area (Å²) < 4.78 is 10.8. The van der Waals surface area contributed by atoms with Crippen molar-refractivity contribution in [1.29, 1.82) is 0 Å². The summed E-state index contributed by atoms with van der Waals surface area (Å²) in [6.45, 7) is 4.80. The van der Waals surface area contributed by atoms with Gasteiger partial charge >= 0.3 is 0 Å².